The number of nitrogens with zero attached hydrogens (tertiary/aromatic N) is 1. The summed E-state index contributed by atoms with van der Waals surface area (Å²) in [6, 6.07) is 43.8. The SMILES string of the molecule is C[Si](c1ccccc1)(c1ccccc1)N([Si]c1ccccc1)c1ccccc1. The molecule has 0 heterocycles. The van der Waals surface area contributed by atoms with Gasteiger partial charge in [0.15, 0.2) is 0 Å². The van der Waals surface area contributed by atoms with Crippen molar-refractivity contribution in [2.75, 3.05) is 4.23 Å². The number of hydrogen-bond donors (Lipinski definition) is 0. The number of hydrogen-bond acceptors (Lipinski definition) is 1. The molecule has 0 unspecified atom stereocenters. The molecular formula is C25H23NSi2. The molecule has 0 aliphatic heterocycles. The van der Waals surface area contributed by atoms with Crippen molar-refractivity contribution in [3.8, 4) is 0 Å². The molecule has 4 aromatic carbocycles. The molecule has 28 heavy (non-hydrogen) atoms. The summed E-state index contributed by atoms with van der Waals surface area (Å²) in [6.07, 6.45) is 0. The summed E-state index contributed by atoms with van der Waals surface area (Å²) < 4.78 is 2.67. The van der Waals surface area contributed by atoms with Gasteiger partial charge in [-0.1, -0.05) is 109 Å². The third-order valence-corrected chi connectivity index (χ3v) is 12.0. The van der Waals surface area contributed by atoms with Crippen molar-refractivity contribution in [2.24, 2.45) is 0 Å². The van der Waals surface area contributed by atoms with Crippen molar-refractivity contribution in [1.29, 1.82) is 0 Å². The molecule has 2 radical (unpaired) electrons. The summed E-state index contributed by atoms with van der Waals surface area (Å²) >= 11 is 0. The van der Waals surface area contributed by atoms with Crippen LogP contribution in [0.3, 0.4) is 0 Å². The highest BCUT2D eigenvalue weighted by molar-refractivity contribution is 7.09. The molecule has 0 atom stereocenters. The summed E-state index contributed by atoms with van der Waals surface area (Å²) in [5.41, 5.74) is 1.28. The first-order chi connectivity index (χ1) is 13.8. The molecule has 0 saturated heterocycles. The molecule has 136 valence electrons. The van der Waals surface area contributed by atoms with Gasteiger partial charge in [-0.2, -0.15) is 0 Å². The van der Waals surface area contributed by atoms with Gasteiger partial charge in [-0.3, -0.25) is 0 Å². The molecule has 1 nitrogen and oxygen atoms in total. The monoisotopic (exact) mass is 393 g/mol. The van der Waals surface area contributed by atoms with Crippen LogP contribution in [-0.2, 0) is 0 Å². The standard InChI is InChI=1S/C25H23NSi2/c1-28(24-18-10-4-11-19-24,25-20-12-5-13-21-25)26(22-14-6-2-7-15-22)27-23-16-8-3-9-17-23/h2-21H,1H3. The highest BCUT2D eigenvalue weighted by Gasteiger charge is 2.39. The van der Waals surface area contributed by atoms with Crippen LogP contribution in [0.2, 0.25) is 6.55 Å². The van der Waals surface area contributed by atoms with E-state index in [1.807, 2.05) is 0 Å². The minimum atomic E-state index is -2.21. The van der Waals surface area contributed by atoms with E-state index < -0.39 is 8.24 Å². The van der Waals surface area contributed by atoms with Crippen LogP contribution in [0, 0.1) is 0 Å². The fourth-order valence-electron chi connectivity index (χ4n) is 3.60. The molecular weight excluding hydrogens is 370 g/mol. The molecule has 3 heteroatoms. The highest BCUT2D eigenvalue weighted by atomic mass is 28.4. The van der Waals surface area contributed by atoms with E-state index >= 15 is 0 Å². The molecule has 0 amide bonds. The molecule has 0 fully saturated rings. The normalized spacial score (nSPS) is 11.2. The van der Waals surface area contributed by atoms with Crippen molar-refractivity contribution in [3.05, 3.63) is 121 Å². The Morgan fingerprint density at radius 2 is 0.929 bits per heavy atom. The molecule has 4 rings (SSSR count). The van der Waals surface area contributed by atoms with Crippen LogP contribution in [-0.4, -0.2) is 17.9 Å². The quantitative estimate of drug-likeness (QED) is 0.450. The number of benzene rings is 4. The van der Waals surface area contributed by atoms with Crippen LogP contribution in [0.4, 0.5) is 5.69 Å². The van der Waals surface area contributed by atoms with E-state index in [1.54, 1.807) is 0 Å². The lowest BCUT2D eigenvalue weighted by molar-refractivity contribution is 1.47. The summed E-state index contributed by atoms with van der Waals surface area (Å²) in [6.45, 7) is 2.47. The Hall–Kier alpha value is -2.89. The number of para-hydroxylation sites is 1. The maximum absolute atomic E-state index is 2.67. The van der Waals surface area contributed by atoms with Gasteiger partial charge < -0.3 is 4.23 Å². The summed E-state index contributed by atoms with van der Waals surface area (Å²) in [7, 11) is -1.64. The molecule has 4 aromatic rings. The van der Waals surface area contributed by atoms with Crippen molar-refractivity contribution >= 4 is 39.2 Å². The Bertz CT molecular complexity index is 950. The van der Waals surface area contributed by atoms with Gasteiger partial charge in [0.25, 0.3) is 0 Å². The third-order valence-electron chi connectivity index (χ3n) is 5.15. The van der Waals surface area contributed by atoms with Crippen molar-refractivity contribution < 1.29 is 0 Å². The summed E-state index contributed by atoms with van der Waals surface area (Å²) in [5, 5.41) is 4.21. The van der Waals surface area contributed by atoms with Crippen LogP contribution in [0.1, 0.15) is 0 Å². The lowest BCUT2D eigenvalue weighted by atomic mass is 10.3. The van der Waals surface area contributed by atoms with Gasteiger partial charge in [0, 0.05) is 5.69 Å². The van der Waals surface area contributed by atoms with E-state index in [4.69, 9.17) is 0 Å². The van der Waals surface area contributed by atoms with Crippen molar-refractivity contribution in [3.63, 3.8) is 0 Å². The molecule has 0 aliphatic carbocycles. The van der Waals surface area contributed by atoms with Gasteiger partial charge in [-0.25, -0.2) is 0 Å². The second-order valence-corrected chi connectivity index (χ2v) is 12.4. The largest absolute Gasteiger partial charge is 0.415 e. The second kappa shape index (κ2) is 8.42. The first-order valence-electron chi connectivity index (χ1n) is 9.56. The van der Waals surface area contributed by atoms with Crippen molar-refractivity contribution in [2.45, 2.75) is 6.55 Å². The molecule has 0 bridgehead atoms. The lowest BCUT2D eigenvalue weighted by Crippen LogP contribution is -2.70. The first-order valence-corrected chi connectivity index (χ1v) is 13.0. The fourth-order valence-corrected chi connectivity index (χ4v) is 9.74. The van der Waals surface area contributed by atoms with E-state index in [1.165, 1.54) is 21.2 Å². The molecule has 0 spiro atoms. The van der Waals surface area contributed by atoms with Gasteiger partial charge in [-0.15, -0.1) is 0 Å². The summed E-state index contributed by atoms with van der Waals surface area (Å²) in [4.78, 5) is 0. The van der Waals surface area contributed by atoms with Crippen LogP contribution in [0.5, 0.6) is 0 Å². The molecule has 0 aromatic heterocycles. The zero-order chi connectivity index (χ0) is 19.2. The van der Waals surface area contributed by atoms with Crippen LogP contribution >= 0.6 is 0 Å². The number of rotatable bonds is 6. The van der Waals surface area contributed by atoms with Gasteiger partial charge in [0.05, 0.1) is 0 Å². The Morgan fingerprint density at radius 3 is 1.39 bits per heavy atom. The van der Waals surface area contributed by atoms with Gasteiger partial charge in [0.2, 0.25) is 17.9 Å². The topological polar surface area (TPSA) is 3.24 Å². The Kier molecular flexibility index (Phi) is 5.56. The zero-order valence-corrected chi connectivity index (χ0v) is 18.0. The van der Waals surface area contributed by atoms with Gasteiger partial charge in [0.1, 0.15) is 0 Å². The van der Waals surface area contributed by atoms with Crippen LogP contribution in [0.15, 0.2) is 121 Å². The van der Waals surface area contributed by atoms with E-state index in [9.17, 15) is 0 Å². The van der Waals surface area contributed by atoms with Gasteiger partial charge >= 0.3 is 0 Å². The maximum Gasteiger partial charge on any atom is 0.213 e. The third kappa shape index (κ3) is 3.72. The maximum atomic E-state index is 2.67. The minimum Gasteiger partial charge on any atom is -0.415 e. The van der Waals surface area contributed by atoms with E-state index in [0.29, 0.717) is 9.68 Å². The minimum absolute atomic E-state index is 0.571. The van der Waals surface area contributed by atoms with Gasteiger partial charge in [-0.05, 0) is 34.2 Å². The van der Waals surface area contributed by atoms with E-state index in [2.05, 4.69) is 132 Å². The second-order valence-electron chi connectivity index (χ2n) is 6.95. The van der Waals surface area contributed by atoms with Crippen molar-refractivity contribution in [1.82, 2.24) is 0 Å². The fraction of sp³-hybridized carbons (Fsp3) is 0.0400. The predicted molar refractivity (Wildman–Crippen MR) is 125 cm³/mol. The average Bonchev–Trinajstić information content (AvgIpc) is 2.79. The molecule has 0 saturated carbocycles. The Labute approximate surface area is 171 Å². The Morgan fingerprint density at radius 1 is 0.536 bits per heavy atom. The smallest absolute Gasteiger partial charge is 0.213 e. The van der Waals surface area contributed by atoms with E-state index in [-0.39, 0.29) is 0 Å². The molecule has 0 aliphatic rings. The lowest BCUT2D eigenvalue weighted by Gasteiger charge is -2.42. The highest BCUT2D eigenvalue weighted by Crippen LogP contribution is 2.21. The Balaban J connectivity index is 1.91. The first kappa shape index (κ1) is 18.5. The summed E-state index contributed by atoms with van der Waals surface area (Å²) in [5.74, 6) is 0. The van der Waals surface area contributed by atoms with Crippen LogP contribution in [0.25, 0.3) is 0 Å². The molecule has 0 N–H and O–H groups in total. The van der Waals surface area contributed by atoms with Crippen LogP contribution < -0.4 is 19.8 Å². The number of anilines is 1. The zero-order valence-electron chi connectivity index (χ0n) is 16.0. The van der Waals surface area contributed by atoms with E-state index in [0.717, 1.165) is 0 Å². The predicted octanol–water partition coefficient (Wildman–Crippen LogP) is 3.83. The average molecular weight is 394 g/mol.